The highest BCUT2D eigenvalue weighted by Crippen LogP contribution is 2.16. The van der Waals surface area contributed by atoms with E-state index in [1.807, 2.05) is 13.0 Å². The van der Waals surface area contributed by atoms with Crippen LogP contribution in [0.25, 0.3) is 0 Å². The smallest absolute Gasteiger partial charge is 0.132 e. The van der Waals surface area contributed by atoms with Gasteiger partial charge in [-0.05, 0) is 28.9 Å². The number of methoxy groups -OCH3 is 1. The maximum absolute atomic E-state index is 4.98. The summed E-state index contributed by atoms with van der Waals surface area (Å²) in [5, 5.41) is 0. The Kier molecular flexibility index (Phi) is 4.12. The van der Waals surface area contributed by atoms with Crippen molar-refractivity contribution >= 4 is 15.9 Å². The van der Waals surface area contributed by atoms with Gasteiger partial charge < -0.3 is 4.74 Å². The minimum Gasteiger partial charge on any atom is -0.496 e. The molecule has 0 aromatic rings. The fraction of sp³-hybridized carbons (Fsp3) is 0.250. The van der Waals surface area contributed by atoms with E-state index in [0.717, 1.165) is 10.1 Å². The SMILES string of the molecule is C=C(C)/C=C(/OC)C(=C)Br. The molecule has 1 nitrogen and oxygen atoms in total. The van der Waals surface area contributed by atoms with Crippen molar-refractivity contribution < 1.29 is 4.74 Å². The Balaban J connectivity index is 4.34. The number of hydrogen-bond donors (Lipinski definition) is 0. The molecule has 0 N–H and O–H groups in total. The van der Waals surface area contributed by atoms with Crippen LogP contribution in [0.3, 0.4) is 0 Å². The van der Waals surface area contributed by atoms with Crippen molar-refractivity contribution in [2.45, 2.75) is 6.92 Å². The largest absolute Gasteiger partial charge is 0.496 e. The molecular weight excluding hydrogens is 192 g/mol. The van der Waals surface area contributed by atoms with Gasteiger partial charge in [0, 0.05) is 0 Å². The van der Waals surface area contributed by atoms with Gasteiger partial charge in [0.15, 0.2) is 0 Å². The van der Waals surface area contributed by atoms with E-state index < -0.39 is 0 Å². The average Bonchev–Trinajstić information content (AvgIpc) is 1.81. The summed E-state index contributed by atoms with van der Waals surface area (Å²) in [4.78, 5) is 0. The molecule has 0 aliphatic heterocycles. The first-order valence-corrected chi connectivity index (χ1v) is 3.63. The van der Waals surface area contributed by atoms with Crippen LogP contribution in [0.15, 0.2) is 35.0 Å². The van der Waals surface area contributed by atoms with Crippen LogP contribution >= 0.6 is 15.9 Å². The molecular formula is C8H11BrO. The second-order valence-electron chi connectivity index (χ2n) is 1.96. The number of halogens is 1. The van der Waals surface area contributed by atoms with Crippen molar-refractivity contribution in [2.24, 2.45) is 0 Å². The van der Waals surface area contributed by atoms with Gasteiger partial charge in [-0.15, -0.1) is 0 Å². The molecule has 0 aliphatic rings. The van der Waals surface area contributed by atoms with Crippen molar-refractivity contribution in [3.05, 3.63) is 35.0 Å². The summed E-state index contributed by atoms with van der Waals surface area (Å²) in [6.07, 6.45) is 1.82. The van der Waals surface area contributed by atoms with Crippen molar-refractivity contribution in [1.82, 2.24) is 0 Å². The molecule has 0 saturated carbocycles. The highest BCUT2D eigenvalue weighted by atomic mass is 79.9. The predicted octanol–water partition coefficient (Wildman–Crippen LogP) is 3.00. The topological polar surface area (TPSA) is 9.23 Å². The third-order valence-electron chi connectivity index (χ3n) is 0.865. The van der Waals surface area contributed by atoms with Gasteiger partial charge in [-0.2, -0.15) is 0 Å². The van der Waals surface area contributed by atoms with Gasteiger partial charge in [0.05, 0.1) is 11.6 Å². The van der Waals surface area contributed by atoms with E-state index in [4.69, 9.17) is 4.74 Å². The monoisotopic (exact) mass is 202 g/mol. The zero-order valence-corrected chi connectivity index (χ0v) is 7.86. The summed E-state index contributed by atoms with van der Waals surface area (Å²) in [6.45, 7) is 9.27. The number of rotatable bonds is 3. The van der Waals surface area contributed by atoms with E-state index in [1.54, 1.807) is 7.11 Å². The molecule has 10 heavy (non-hydrogen) atoms. The van der Waals surface area contributed by atoms with E-state index in [2.05, 4.69) is 29.1 Å². The zero-order chi connectivity index (χ0) is 8.15. The summed E-state index contributed by atoms with van der Waals surface area (Å²) in [6, 6.07) is 0. The Hall–Kier alpha value is -0.500. The maximum atomic E-state index is 4.98. The lowest BCUT2D eigenvalue weighted by atomic mass is 10.3. The predicted molar refractivity (Wildman–Crippen MR) is 48.0 cm³/mol. The molecule has 0 bridgehead atoms. The molecule has 0 aliphatic carbocycles. The number of ether oxygens (including phenoxy) is 1. The van der Waals surface area contributed by atoms with Crippen LogP contribution < -0.4 is 0 Å². The van der Waals surface area contributed by atoms with Gasteiger partial charge in [-0.25, -0.2) is 0 Å². The van der Waals surface area contributed by atoms with Crippen LogP contribution in [-0.2, 0) is 4.74 Å². The molecule has 0 heterocycles. The molecule has 0 fully saturated rings. The summed E-state index contributed by atoms with van der Waals surface area (Å²) in [5.74, 6) is 0.715. The first kappa shape index (κ1) is 9.50. The molecule has 2 heteroatoms. The molecule has 0 saturated heterocycles. The lowest BCUT2D eigenvalue weighted by Crippen LogP contribution is -1.84. The first-order valence-electron chi connectivity index (χ1n) is 2.84. The third kappa shape index (κ3) is 3.51. The van der Waals surface area contributed by atoms with E-state index in [9.17, 15) is 0 Å². The quantitative estimate of drug-likeness (QED) is 0.506. The third-order valence-corrected chi connectivity index (χ3v) is 1.26. The minimum absolute atomic E-state index is 0.715. The summed E-state index contributed by atoms with van der Waals surface area (Å²) < 4.78 is 5.71. The van der Waals surface area contributed by atoms with Crippen LogP contribution in [0, 0.1) is 0 Å². The average molecular weight is 203 g/mol. The Morgan fingerprint density at radius 3 is 2.10 bits per heavy atom. The lowest BCUT2D eigenvalue weighted by molar-refractivity contribution is 0.305. The van der Waals surface area contributed by atoms with Crippen molar-refractivity contribution in [3.63, 3.8) is 0 Å². The molecule has 0 amide bonds. The van der Waals surface area contributed by atoms with Crippen LogP contribution in [0.5, 0.6) is 0 Å². The van der Waals surface area contributed by atoms with E-state index >= 15 is 0 Å². The van der Waals surface area contributed by atoms with Crippen LogP contribution in [0.4, 0.5) is 0 Å². The standard InChI is InChI=1S/C8H11BrO/c1-6(2)5-8(10-4)7(3)9/h5H,1,3H2,2,4H3/b8-5+. The van der Waals surface area contributed by atoms with E-state index in [1.165, 1.54) is 0 Å². The molecule has 0 aromatic carbocycles. The van der Waals surface area contributed by atoms with Gasteiger partial charge in [0.25, 0.3) is 0 Å². The van der Waals surface area contributed by atoms with Crippen LogP contribution in [-0.4, -0.2) is 7.11 Å². The fourth-order valence-corrected chi connectivity index (χ4v) is 0.748. The molecule has 0 aromatic heterocycles. The van der Waals surface area contributed by atoms with Gasteiger partial charge in [-0.3, -0.25) is 0 Å². The molecule has 56 valence electrons. The molecule has 0 unspecified atom stereocenters. The highest BCUT2D eigenvalue weighted by molar-refractivity contribution is 9.11. The zero-order valence-electron chi connectivity index (χ0n) is 6.28. The molecule has 0 radical (unpaired) electrons. The lowest BCUT2D eigenvalue weighted by Gasteiger charge is -2.02. The van der Waals surface area contributed by atoms with Gasteiger partial charge in [0.2, 0.25) is 0 Å². The van der Waals surface area contributed by atoms with Gasteiger partial charge in [-0.1, -0.05) is 18.7 Å². The fourth-order valence-electron chi connectivity index (χ4n) is 0.472. The maximum Gasteiger partial charge on any atom is 0.132 e. The van der Waals surface area contributed by atoms with E-state index in [-0.39, 0.29) is 0 Å². The highest BCUT2D eigenvalue weighted by Gasteiger charge is 1.96. The number of hydrogen-bond acceptors (Lipinski definition) is 1. The van der Waals surface area contributed by atoms with Gasteiger partial charge >= 0.3 is 0 Å². The van der Waals surface area contributed by atoms with Gasteiger partial charge in [0.1, 0.15) is 5.76 Å². The second-order valence-corrected chi connectivity index (χ2v) is 2.92. The Morgan fingerprint density at radius 2 is 2.00 bits per heavy atom. The summed E-state index contributed by atoms with van der Waals surface area (Å²) >= 11 is 3.20. The van der Waals surface area contributed by atoms with Crippen LogP contribution in [0.2, 0.25) is 0 Å². The summed E-state index contributed by atoms with van der Waals surface area (Å²) in [7, 11) is 1.60. The van der Waals surface area contributed by atoms with Crippen molar-refractivity contribution in [2.75, 3.05) is 7.11 Å². The molecule has 0 rings (SSSR count). The first-order chi connectivity index (χ1) is 4.57. The minimum atomic E-state index is 0.715. The second kappa shape index (κ2) is 4.34. The molecule has 0 spiro atoms. The Labute approximate surface area is 70.2 Å². The Morgan fingerprint density at radius 1 is 1.50 bits per heavy atom. The van der Waals surface area contributed by atoms with E-state index in [0.29, 0.717) is 5.76 Å². The Bertz CT molecular complexity index is 180. The van der Waals surface area contributed by atoms with Crippen molar-refractivity contribution in [1.29, 1.82) is 0 Å². The molecule has 0 atom stereocenters. The van der Waals surface area contributed by atoms with Crippen LogP contribution in [0.1, 0.15) is 6.92 Å². The normalized spacial score (nSPS) is 10.9. The summed E-state index contributed by atoms with van der Waals surface area (Å²) in [5.41, 5.74) is 0.942. The van der Waals surface area contributed by atoms with Crippen molar-refractivity contribution in [3.8, 4) is 0 Å². The number of allylic oxidation sites excluding steroid dienone is 3.